The molecule has 2 rings (SSSR count). The van der Waals surface area contributed by atoms with Gasteiger partial charge < -0.3 is 14.8 Å². The van der Waals surface area contributed by atoms with Gasteiger partial charge in [-0.3, -0.25) is 9.59 Å². The van der Waals surface area contributed by atoms with Crippen LogP contribution in [0.1, 0.15) is 22.3 Å². The number of thioether (sulfide) groups is 1. The van der Waals surface area contributed by atoms with Crippen LogP contribution in [0.15, 0.2) is 17.0 Å². The van der Waals surface area contributed by atoms with Crippen molar-refractivity contribution in [2.75, 3.05) is 26.6 Å². The Morgan fingerprint density at radius 1 is 1.42 bits per heavy atom. The number of rotatable bonds is 4. The third-order valence-electron chi connectivity index (χ3n) is 3.53. The smallest absolute Gasteiger partial charge is 0.416 e. The second kappa shape index (κ2) is 7.43. The summed E-state index contributed by atoms with van der Waals surface area (Å²) in [5, 5.41) is 2.50. The van der Waals surface area contributed by atoms with Gasteiger partial charge in [-0.15, -0.1) is 11.8 Å². The fourth-order valence-electron chi connectivity index (χ4n) is 2.29. The highest BCUT2D eigenvalue weighted by Gasteiger charge is 2.34. The van der Waals surface area contributed by atoms with Crippen LogP contribution in [-0.4, -0.2) is 44.3 Å². The molecule has 1 aromatic rings. The second-order valence-electron chi connectivity index (χ2n) is 5.07. The Labute approximate surface area is 140 Å². The van der Waals surface area contributed by atoms with Crippen molar-refractivity contribution in [2.45, 2.75) is 23.5 Å². The maximum Gasteiger partial charge on any atom is 0.416 e. The molecule has 132 valence electrons. The lowest BCUT2D eigenvalue weighted by Crippen LogP contribution is -2.47. The van der Waals surface area contributed by atoms with E-state index >= 15 is 0 Å². The van der Waals surface area contributed by atoms with E-state index in [0.717, 1.165) is 23.9 Å². The van der Waals surface area contributed by atoms with Crippen LogP contribution in [0.25, 0.3) is 0 Å². The van der Waals surface area contributed by atoms with Crippen molar-refractivity contribution in [3.05, 3.63) is 23.3 Å². The molecule has 24 heavy (non-hydrogen) atoms. The lowest BCUT2D eigenvalue weighted by atomic mass is 10.1. The Hall–Kier alpha value is -1.74. The molecule has 0 saturated carbocycles. The zero-order valence-corrected chi connectivity index (χ0v) is 13.8. The van der Waals surface area contributed by atoms with Gasteiger partial charge in [0, 0.05) is 11.3 Å². The molecule has 1 aliphatic heterocycles. The predicted molar refractivity (Wildman–Crippen MR) is 81.5 cm³/mol. The van der Waals surface area contributed by atoms with Crippen molar-refractivity contribution in [2.24, 2.45) is 0 Å². The first-order valence-electron chi connectivity index (χ1n) is 7.02. The molecule has 1 saturated heterocycles. The van der Waals surface area contributed by atoms with E-state index in [1.165, 1.54) is 7.11 Å². The Balaban J connectivity index is 2.37. The quantitative estimate of drug-likeness (QED) is 0.833. The molecule has 1 aromatic carbocycles. The summed E-state index contributed by atoms with van der Waals surface area (Å²) in [5.74, 6) is -1.05. The Kier molecular flexibility index (Phi) is 5.76. The molecule has 1 atom stereocenters. The van der Waals surface area contributed by atoms with Crippen molar-refractivity contribution >= 4 is 23.5 Å². The first-order chi connectivity index (χ1) is 11.3. The number of carbonyl (C=O) groups excluding carboxylic acids is 2. The van der Waals surface area contributed by atoms with E-state index in [-0.39, 0.29) is 35.0 Å². The lowest BCUT2D eigenvalue weighted by Gasteiger charge is -2.23. The number of hydrogen-bond acceptors (Lipinski definition) is 5. The van der Waals surface area contributed by atoms with Crippen molar-refractivity contribution < 1.29 is 32.2 Å². The number of hydrogen-bond donors (Lipinski definition) is 1. The third-order valence-corrected chi connectivity index (χ3v) is 4.29. The van der Waals surface area contributed by atoms with Crippen molar-refractivity contribution in [1.82, 2.24) is 5.32 Å². The van der Waals surface area contributed by atoms with E-state index in [4.69, 9.17) is 9.47 Å². The minimum absolute atomic E-state index is 0.0311. The topological polar surface area (TPSA) is 64.6 Å². The highest BCUT2D eigenvalue weighted by atomic mass is 32.2. The van der Waals surface area contributed by atoms with Gasteiger partial charge in [-0.1, -0.05) is 0 Å². The Morgan fingerprint density at radius 2 is 2.12 bits per heavy atom. The minimum atomic E-state index is -4.56. The van der Waals surface area contributed by atoms with Crippen LogP contribution in [-0.2, 0) is 15.7 Å². The first-order valence-corrected chi connectivity index (χ1v) is 8.25. The number of ketones is 1. The zero-order chi connectivity index (χ0) is 17.9. The van der Waals surface area contributed by atoms with Gasteiger partial charge in [-0.2, -0.15) is 13.2 Å². The van der Waals surface area contributed by atoms with Gasteiger partial charge >= 0.3 is 6.18 Å². The van der Waals surface area contributed by atoms with Crippen molar-refractivity contribution in [3.8, 4) is 5.75 Å². The van der Waals surface area contributed by atoms with E-state index in [2.05, 4.69) is 5.32 Å². The van der Waals surface area contributed by atoms with E-state index in [0.29, 0.717) is 6.61 Å². The molecule has 5 nitrogen and oxygen atoms in total. The molecule has 1 heterocycles. The number of carbonyl (C=O) groups is 2. The lowest BCUT2D eigenvalue weighted by molar-refractivity contribution is -0.137. The predicted octanol–water partition coefficient (Wildman–Crippen LogP) is 2.52. The molecule has 1 fully saturated rings. The largest absolute Gasteiger partial charge is 0.496 e. The molecule has 0 bridgehead atoms. The maximum absolute atomic E-state index is 13.0. The molecule has 0 aliphatic carbocycles. The fraction of sp³-hybridized carbons (Fsp3) is 0.467. The normalized spacial score (nSPS) is 18.4. The number of amides is 1. The summed E-state index contributed by atoms with van der Waals surface area (Å²) in [4.78, 5) is 24.4. The van der Waals surface area contributed by atoms with E-state index in [1.54, 1.807) is 6.26 Å². The van der Waals surface area contributed by atoms with E-state index in [9.17, 15) is 22.8 Å². The van der Waals surface area contributed by atoms with E-state index < -0.39 is 23.7 Å². The number of alkyl halides is 3. The molecular formula is C15H16F3NO4S. The summed E-state index contributed by atoms with van der Waals surface area (Å²) >= 11 is 0.989. The highest BCUT2D eigenvalue weighted by molar-refractivity contribution is 7.98. The molecule has 0 aromatic heterocycles. The van der Waals surface area contributed by atoms with Gasteiger partial charge in [0.05, 0.1) is 31.5 Å². The SMILES string of the molecule is COc1cc(C(F)(F)F)cc(SC)c1C(=O)NC1COCCC1=O. The standard InChI is InChI=1S/C15H16F3NO4S/c1-22-11-5-8(15(16,17)18)6-12(24-2)13(11)14(21)19-9-7-23-4-3-10(9)20/h5-6,9H,3-4,7H2,1-2H3,(H,19,21). The zero-order valence-electron chi connectivity index (χ0n) is 13.0. The van der Waals surface area contributed by atoms with Crippen molar-refractivity contribution in [3.63, 3.8) is 0 Å². The summed E-state index contributed by atoms with van der Waals surface area (Å²) in [6.07, 6.45) is -2.81. The fourth-order valence-corrected chi connectivity index (χ4v) is 2.94. The number of halogens is 3. The van der Waals surface area contributed by atoms with Crippen LogP contribution in [0, 0.1) is 0 Å². The van der Waals surface area contributed by atoms with Crippen LogP contribution in [0.3, 0.4) is 0 Å². The molecule has 0 spiro atoms. The average Bonchev–Trinajstić information content (AvgIpc) is 2.54. The number of ether oxygens (including phenoxy) is 2. The number of methoxy groups -OCH3 is 1. The summed E-state index contributed by atoms with van der Waals surface area (Å²) in [6, 6.07) is 0.850. The van der Waals surface area contributed by atoms with E-state index in [1.807, 2.05) is 0 Å². The minimum Gasteiger partial charge on any atom is -0.496 e. The number of Topliss-reactive ketones (excluding diaryl/α,β-unsaturated/α-hetero) is 1. The molecule has 1 unspecified atom stereocenters. The van der Waals surface area contributed by atoms with Gasteiger partial charge in [-0.25, -0.2) is 0 Å². The summed E-state index contributed by atoms with van der Waals surface area (Å²) in [6.45, 7) is 0.340. The molecule has 1 aliphatic rings. The first kappa shape index (κ1) is 18.6. The molecule has 0 radical (unpaired) electrons. The Bertz CT molecular complexity index is 623. The van der Waals surface area contributed by atoms with Gasteiger partial charge in [0.1, 0.15) is 11.8 Å². The van der Waals surface area contributed by atoms with Crippen LogP contribution in [0.5, 0.6) is 5.75 Å². The monoisotopic (exact) mass is 363 g/mol. The van der Waals surface area contributed by atoms with Gasteiger partial charge in [0.15, 0.2) is 5.78 Å². The van der Waals surface area contributed by atoms with Gasteiger partial charge in [-0.05, 0) is 18.4 Å². The number of benzene rings is 1. The molecule has 1 amide bonds. The highest BCUT2D eigenvalue weighted by Crippen LogP contribution is 2.38. The van der Waals surface area contributed by atoms with Crippen LogP contribution in [0.2, 0.25) is 0 Å². The van der Waals surface area contributed by atoms with Crippen LogP contribution >= 0.6 is 11.8 Å². The molecular weight excluding hydrogens is 347 g/mol. The van der Waals surface area contributed by atoms with Crippen molar-refractivity contribution in [1.29, 1.82) is 0 Å². The maximum atomic E-state index is 13.0. The third kappa shape index (κ3) is 4.02. The van der Waals surface area contributed by atoms with Crippen LogP contribution in [0.4, 0.5) is 13.2 Å². The number of nitrogens with one attached hydrogen (secondary N) is 1. The Morgan fingerprint density at radius 3 is 2.67 bits per heavy atom. The summed E-state index contributed by atoms with van der Waals surface area (Å²) in [7, 11) is 1.19. The van der Waals surface area contributed by atoms with Gasteiger partial charge in [0.2, 0.25) is 0 Å². The molecule has 1 N–H and O–H groups in total. The average molecular weight is 363 g/mol. The second-order valence-corrected chi connectivity index (χ2v) is 5.92. The molecule has 9 heteroatoms. The summed E-state index contributed by atoms with van der Waals surface area (Å²) in [5.41, 5.74) is -0.936. The van der Waals surface area contributed by atoms with Crippen LogP contribution < -0.4 is 10.1 Å². The summed E-state index contributed by atoms with van der Waals surface area (Å²) < 4.78 is 49.0. The van der Waals surface area contributed by atoms with Gasteiger partial charge in [0.25, 0.3) is 5.91 Å².